The maximum atomic E-state index is 15.0. The van der Waals surface area contributed by atoms with Crippen LogP contribution in [0.3, 0.4) is 0 Å². The normalized spacial score (nSPS) is 18.8. The molecular formula is C22H23F2N3O8. The monoisotopic (exact) mass is 495 g/mol. The molecule has 4 rings (SSSR count). The van der Waals surface area contributed by atoms with Crippen LogP contribution in [0.4, 0.5) is 24.1 Å². The highest BCUT2D eigenvalue weighted by Crippen LogP contribution is 2.32. The van der Waals surface area contributed by atoms with Gasteiger partial charge in [0.05, 0.1) is 18.8 Å². The first kappa shape index (κ1) is 24.4. The molecule has 11 nitrogen and oxygen atoms in total. The van der Waals surface area contributed by atoms with Crippen LogP contribution in [0.2, 0.25) is 0 Å². The maximum absolute atomic E-state index is 15.0. The van der Waals surface area contributed by atoms with Crippen LogP contribution in [0.25, 0.3) is 5.57 Å². The van der Waals surface area contributed by atoms with E-state index in [0.717, 1.165) is 17.0 Å². The number of rotatable bonds is 8. The van der Waals surface area contributed by atoms with Gasteiger partial charge in [-0.1, -0.05) is 6.08 Å². The van der Waals surface area contributed by atoms with Crippen LogP contribution in [-0.2, 0) is 9.47 Å². The fourth-order valence-corrected chi connectivity index (χ4v) is 3.67. The van der Waals surface area contributed by atoms with E-state index in [9.17, 15) is 23.5 Å². The van der Waals surface area contributed by atoms with Crippen molar-refractivity contribution in [3.63, 3.8) is 0 Å². The lowest BCUT2D eigenvalue weighted by Crippen LogP contribution is -2.37. The molecule has 2 aromatic rings. The molecule has 13 heteroatoms. The molecule has 0 aliphatic carbocycles. The van der Waals surface area contributed by atoms with E-state index in [1.165, 1.54) is 23.3 Å². The molecule has 0 bridgehead atoms. The predicted octanol–water partition coefficient (Wildman–Crippen LogP) is 1.94. The Morgan fingerprint density at radius 1 is 1.31 bits per heavy atom. The molecular weight excluding hydrogens is 472 g/mol. The second-order valence-electron chi connectivity index (χ2n) is 7.89. The number of hydrogen-bond donors (Lipinski definition) is 2. The van der Waals surface area contributed by atoms with E-state index in [4.69, 9.17) is 19.3 Å². The topological polar surface area (TPSA) is 135 Å². The van der Waals surface area contributed by atoms with Gasteiger partial charge in [0.2, 0.25) is 0 Å². The average Bonchev–Trinajstić information content (AvgIpc) is 3.50. The lowest BCUT2D eigenvalue weighted by molar-refractivity contribution is 0.0210. The number of amides is 2. The van der Waals surface area contributed by atoms with Gasteiger partial charge in [-0.15, -0.1) is 0 Å². The molecule has 0 spiro atoms. The van der Waals surface area contributed by atoms with Gasteiger partial charge in [0.1, 0.15) is 37.2 Å². The van der Waals surface area contributed by atoms with Crippen molar-refractivity contribution in [3.05, 3.63) is 47.7 Å². The van der Waals surface area contributed by atoms with E-state index in [1.54, 1.807) is 0 Å². The van der Waals surface area contributed by atoms with Gasteiger partial charge in [0.15, 0.2) is 6.10 Å². The summed E-state index contributed by atoms with van der Waals surface area (Å²) in [6, 6.07) is 3.60. The van der Waals surface area contributed by atoms with Gasteiger partial charge in [-0.05, 0) is 29.3 Å². The highest BCUT2D eigenvalue weighted by atomic mass is 19.1. The van der Waals surface area contributed by atoms with E-state index in [1.807, 2.05) is 0 Å². The van der Waals surface area contributed by atoms with Gasteiger partial charge in [-0.2, -0.15) is 0 Å². The number of carbonyl (C=O) groups excluding carboxylic acids is 2. The number of aliphatic hydroxyl groups is 2. The van der Waals surface area contributed by atoms with Crippen molar-refractivity contribution in [1.82, 2.24) is 10.1 Å². The molecule has 1 saturated heterocycles. The summed E-state index contributed by atoms with van der Waals surface area (Å²) >= 11 is 0. The SMILES string of the molecule is O=C(OC[C@@H](O)CO)N1CC=C(c2c(F)cc(N3C[C@H](COc4ccon4)OC3=O)cc2F)CC1. The smallest absolute Gasteiger partial charge is 0.414 e. The summed E-state index contributed by atoms with van der Waals surface area (Å²) in [5.74, 6) is -1.50. The molecule has 0 radical (unpaired) electrons. The Hall–Kier alpha value is -3.71. The lowest BCUT2D eigenvalue weighted by atomic mass is 9.98. The Morgan fingerprint density at radius 3 is 2.71 bits per heavy atom. The van der Waals surface area contributed by atoms with E-state index < -0.39 is 42.6 Å². The minimum absolute atomic E-state index is 0.00161. The molecule has 1 fully saturated rings. The van der Waals surface area contributed by atoms with Crippen LogP contribution in [0, 0.1) is 11.6 Å². The summed E-state index contributed by atoms with van der Waals surface area (Å²) in [5.41, 5.74) is 0.131. The Bertz CT molecular complexity index is 1070. The van der Waals surface area contributed by atoms with Crippen molar-refractivity contribution in [2.45, 2.75) is 18.6 Å². The number of carbonyl (C=O) groups is 2. The van der Waals surface area contributed by atoms with E-state index in [0.29, 0.717) is 5.57 Å². The molecule has 2 aliphatic rings. The van der Waals surface area contributed by atoms with Crippen LogP contribution in [-0.4, -0.2) is 84.1 Å². The van der Waals surface area contributed by atoms with Gasteiger partial charge >= 0.3 is 12.2 Å². The highest BCUT2D eigenvalue weighted by Gasteiger charge is 2.34. The quantitative estimate of drug-likeness (QED) is 0.563. The van der Waals surface area contributed by atoms with E-state index in [-0.39, 0.29) is 56.4 Å². The van der Waals surface area contributed by atoms with E-state index in [2.05, 4.69) is 9.68 Å². The minimum Gasteiger partial charge on any atom is -0.471 e. The molecule has 0 unspecified atom stereocenters. The summed E-state index contributed by atoms with van der Waals surface area (Å²) in [5, 5.41) is 21.6. The number of halogens is 2. The summed E-state index contributed by atoms with van der Waals surface area (Å²) in [4.78, 5) is 26.7. The van der Waals surface area contributed by atoms with E-state index >= 15 is 0 Å². The van der Waals surface area contributed by atoms with Crippen molar-refractivity contribution in [3.8, 4) is 5.88 Å². The fraction of sp³-hybridized carbons (Fsp3) is 0.409. The molecule has 2 amide bonds. The van der Waals surface area contributed by atoms with Gasteiger partial charge in [0, 0.05) is 24.7 Å². The lowest BCUT2D eigenvalue weighted by Gasteiger charge is -2.26. The molecule has 1 aromatic heterocycles. The highest BCUT2D eigenvalue weighted by molar-refractivity contribution is 5.90. The zero-order chi connectivity index (χ0) is 24.9. The number of anilines is 1. The first-order chi connectivity index (χ1) is 16.9. The third-order valence-corrected chi connectivity index (χ3v) is 5.44. The Balaban J connectivity index is 1.39. The minimum atomic E-state index is -1.18. The van der Waals surface area contributed by atoms with Gasteiger partial charge < -0.3 is 33.8 Å². The molecule has 1 aromatic carbocycles. The second kappa shape index (κ2) is 10.7. The zero-order valence-electron chi connectivity index (χ0n) is 18.4. The van der Waals surface area contributed by atoms with Crippen LogP contribution >= 0.6 is 0 Å². The number of aliphatic hydroxyl groups excluding tert-OH is 2. The van der Waals surface area contributed by atoms with Crippen molar-refractivity contribution in [1.29, 1.82) is 0 Å². The summed E-state index contributed by atoms with van der Waals surface area (Å²) in [6.45, 7) is -0.693. The third kappa shape index (κ3) is 5.69. The molecule has 2 aliphatic heterocycles. The standard InChI is InChI=1S/C22H23F2N3O8/c23-17-7-14(27-9-16(35-22(27)31)12-32-19-3-6-34-25-19)8-18(24)20(17)13-1-4-26(5-2-13)21(30)33-11-15(29)10-28/h1,3,6-8,15-16,28-29H,2,4-5,9-12H2/t15-,16+/m0/s1. The zero-order valence-corrected chi connectivity index (χ0v) is 18.4. The Morgan fingerprint density at radius 2 is 2.09 bits per heavy atom. The van der Waals surface area contributed by atoms with Crippen molar-refractivity contribution in [2.75, 3.05) is 44.4 Å². The third-order valence-electron chi connectivity index (χ3n) is 5.44. The van der Waals surface area contributed by atoms with Crippen molar-refractivity contribution in [2.24, 2.45) is 0 Å². The van der Waals surface area contributed by atoms with Crippen molar-refractivity contribution >= 4 is 23.4 Å². The van der Waals surface area contributed by atoms with Crippen LogP contribution in [0.5, 0.6) is 5.88 Å². The Kier molecular flexibility index (Phi) is 7.46. The maximum Gasteiger partial charge on any atom is 0.414 e. The molecule has 0 saturated carbocycles. The van der Waals surface area contributed by atoms with Gasteiger partial charge in [0.25, 0.3) is 5.88 Å². The number of ether oxygens (including phenoxy) is 3. The van der Waals surface area contributed by atoms with Gasteiger partial charge in [-0.3, -0.25) is 4.90 Å². The number of hydrogen-bond acceptors (Lipinski definition) is 9. The predicted molar refractivity (Wildman–Crippen MR) is 115 cm³/mol. The second-order valence-corrected chi connectivity index (χ2v) is 7.89. The fourth-order valence-electron chi connectivity index (χ4n) is 3.67. The summed E-state index contributed by atoms with van der Waals surface area (Å²) in [6.07, 6.45) is -0.323. The molecule has 2 N–H and O–H groups in total. The van der Waals surface area contributed by atoms with Crippen LogP contribution in [0.1, 0.15) is 12.0 Å². The number of cyclic esters (lactones) is 1. The largest absolute Gasteiger partial charge is 0.471 e. The first-order valence-electron chi connectivity index (χ1n) is 10.8. The molecule has 3 heterocycles. The van der Waals surface area contributed by atoms with Crippen LogP contribution < -0.4 is 9.64 Å². The first-order valence-corrected chi connectivity index (χ1v) is 10.8. The molecule has 188 valence electrons. The number of aromatic nitrogens is 1. The summed E-state index contributed by atoms with van der Waals surface area (Å²) in [7, 11) is 0. The summed E-state index contributed by atoms with van der Waals surface area (Å²) < 4.78 is 50.0. The molecule has 2 atom stereocenters. The molecule has 35 heavy (non-hydrogen) atoms. The number of benzene rings is 1. The van der Waals surface area contributed by atoms with Crippen LogP contribution in [0.15, 0.2) is 35.1 Å². The Labute approximate surface area is 198 Å². The number of nitrogens with zero attached hydrogens (tertiary/aromatic N) is 3. The van der Waals surface area contributed by atoms with Crippen molar-refractivity contribution < 1.29 is 47.3 Å². The average molecular weight is 495 g/mol. The van der Waals surface area contributed by atoms with Gasteiger partial charge in [-0.25, -0.2) is 18.4 Å².